The first kappa shape index (κ1) is 18.9. The minimum absolute atomic E-state index is 0.0748. The van der Waals surface area contributed by atoms with Crippen molar-refractivity contribution in [3.05, 3.63) is 46.3 Å². The van der Waals surface area contributed by atoms with Gasteiger partial charge in [-0.25, -0.2) is 0 Å². The van der Waals surface area contributed by atoms with Crippen LogP contribution in [0.15, 0.2) is 35.2 Å². The van der Waals surface area contributed by atoms with Crippen molar-refractivity contribution in [2.45, 2.75) is 31.2 Å². The maximum absolute atomic E-state index is 12.3. The molecule has 1 unspecified atom stereocenters. The standard InChI is InChI=1S/C19H23N3O2S2/c1-2-22-10-8-14-15(12-22)26-19(17(14)18(20)24)21-16(23)9-11-25-13-6-4-3-5-7-13/h3-7H,2,8-12H2,1H3,(H2,20,24)(H,21,23)/p+1. The zero-order valence-electron chi connectivity index (χ0n) is 14.8. The summed E-state index contributed by atoms with van der Waals surface area (Å²) in [7, 11) is 0. The fourth-order valence-electron chi connectivity index (χ4n) is 3.15. The van der Waals surface area contributed by atoms with Crippen LogP contribution in [0.3, 0.4) is 0 Å². The van der Waals surface area contributed by atoms with Crippen molar-refractivity contribution in [2.75, 3.05) is 24.2 Å². The fourth-order valence-corrected chi connectivity index (χ4v) is 5.37. The van der Waals surface area contributed by atoms with Gasteiger partial charge in [-0.2, -0.15) is 0 Å². The molecule has 0 bridgehead atoms. The number of nitrogens with two attached hydrogens (primary N) is 1. The highest BCUT2D eigenvalue weighted by Gasteiger charge is 2.28. The molecule has 5 nitrogen and oxygen atoms in total. The van der Waals surface area contributed by atoms with Gasteiger partial charge in [0.1, 0.15) is 11.5 Å². The van der Waals surface area contributed by atoms with E-state index in [2.05, 4.69) is 12.2 Å². The van der Waals surface area contributed by atoms with E-state index < -0.39 is 5.91 Å². The van der Waals surface area contributed by atoms with Gasteiger partial charge >= 0.3 is 0 Å². The van der Waals surface area contributed by atoms with E-state index in [-0.39, 0.29) is 5.91 Å². The minimum atomic E-state index is -0.448. The Morgan fingerprint density at radius 1 is 1.31 bits per heavy atom. The Bertz CT molecular complexity index is 790. The molecular weight excluding hydrogens is 366 g/mol. The Hall–Kier alpha value is -1.83. The second-order valence-electron chi connectivity index (χ2n) is 6.31. The summed E-state index contributed by atoms with van der Waals surface area (Å²) in [6, 6.07) is 10.0. The van der Waals surface area contributed by atoms with E-state index in [0.29, 0.717) is 22.7 Å². The van der Waals surface area contributed by atoms with Crippen LogP contribution < -0.4 is 16.0 Å². The number of carbonyl (C=O) groups excluding carboxylic acids is 2. The lowest BCUT2D eigenvalue weighted by atomic mass is 10.0. The third-order valence-electron chi connectivity index (χ3n) is 4.57. The summed E-state index contributed by atoms with van der Waals surface area (Å²) in [5.74, 6) is 0.172. The van der Waals surface area contributed by atoms with Crippen LogP contribution in [0.5, 0.6) is 0 Å². The van der Waals surface area contributed by atoms with Crippen molar-refractivity contribution in [1.82, 2.24) is 0 Å². The lowest BCUT2D eigenvalue weighted by molar-refractivity contribution is -0.913. The number of nitrogens with one attached hydrogen (secondary N) is 2. The molecule has 2 amide bonds. The van der Waals surface area contributed by atoms with Crippen LogP contribution in [0.1, 0.15) is 34.1 Å². The number of likely N-dealkylation sites (N-methyl/N-ethyl adjacent to an activating group) is 1. The van der Waals surface area contributed by atoms with Gasteiger partial charge in [-0.1, -0.05) is 18.2 Å². The van der Waals surface area contributed by atoms with Crippen LogP contribution in [-0.4, -0.2) is 30.7 Å². The number of thiophene rings is 1. The first-order valence-corrected chi connectivity index (χ1v) is 10.6. The summed E-state index contributed by atoms with van der Waals surface area (Å²) in [6.45, 7) is 5.12. The molecule has 0 spiro atoms. The van der Waals surface area contributed by atoms with Crippen molar-refractivity contribution in [3.8, 4) is 0 Å². The normalized spacial score (nSPS) is 16.1. The highest BCUT2D eigenvalue weighted by molar-refractivity contribution is 7.99. The van der Waals surface area contributed by atoms with Gasteiger partial charge in [0.25, 0.3) is 5.91 Å². The molecule has 0 saturated carbocycles. The zero-order chi connectivity index (χ0) is 18.5. The average molecular weight is 391 g/mol. The second-order valence-corrected chi connectivity index (χ2v) is 8.59. The van der Waals surface area contributed by atoms with Gasteiger partial charge in [-0.3, -0.25) is 9.59 Å². The first-order valence-electron chi connectivity index (χ1n) is 8.84. The predicted molar refractivity (Wildman–Crippen MR) is 107 cm³/mol. The van der Waals surface area contributed by atoms with Gasteiger partial charge < -0.3 is 16.0 Å². The molecule has 1 aliphatic rings. The molecule has 2 heterocycles. The lowest BCUT2D eigenvalue weighted by Crippen LogP contribution is -3.11. The number of rotatable bonds is 7. The number of thioether (sulfide) groups is 1. The molecule has 2 aromatic rings. The van der Waals surface area contributed by atoms with E-state index in [0.717, 1.165) is 36.5 Å². The third-order valence-corrected chi connectivity index (χ3v) is 6.73. The highest BCUT2D eigenvalue weighted by atomic mass is 32.2. The largest absolute Gasteiger partial charge is 0.365 e. The molecule has 4 N–H and O–H groups in total. The van der Waals surface area contributed by atoms with Crippen LogP contribution >= 0.6 is 23.1 Å². The Morgan fingerprint density at radius 3 is 2.77 bits per heavy atom. The molecule has 0 saturated heterocycles. The fraction of sp³-hybridized carbons (Fsp3) is 0.368. The summed E-state index contributed by atoms with van der Waals surface area (Å²) in [5, 5.41) is 3.54. The topological polar surface area (TPSA) is 76.6 Å². The molecule has 1 aliphatic heterocycles. The third kappa shape index (κ3) is 4.47. The maximum atomic E-state index is 12.3. The van der Waals surface area contributed by atoms with Crippen molar-refractivity contribution in [1.29, 1.82) is 0 Å². The van der Waals surface area contributed by atoms with E-state index in [9.17, 15) is 9.59 Å². The molecule has 0 fully saturated rings. The molecule has 1 aromatic carbocycles. The molecule has 1 aromatic heterocycles. The number of fused-ring (bicyclic) bond motifs is 1. The van der Waals surface area contributed by atoms with E-state index in [1.165, 1.54) is 21.1 Å². The quantitative estimate of drug-likeness (QED) is 0.632. The molecular formula is C19H24N3O2S2+. The number of carbonyl (C=O) groups is 2. The van der Waals surface area contributed by atoms with E-state index in [1.807, 2.05) is 30.3 Å². The van der Waals surface area contributed by atoms with Gasteiger partial charge in [-0.15, -0.1) is 23.1 Å². The number of primary amides is 1. The van der Waals surface area contributed by atoms with Crippen LogP contribution in [0.2, 0.25) is 0 Å². The zero-order valence-corrected chi connectivity index (χ0v) is 16.5. The number of hydrogen-bond acceptors (Lipinski definition) is 4. The SMILES string of the molecule is CC[NH+]1CCc2c(sc(NC(=O)CCSc3ccccc3)c2C(N)=O)C1. The lowest BCUT2D eigenvalue weighted by Gasteiger charge is -2.22. The Labute approximate surface area is 162 Å². The molecule has 3 rings (SSSR count). The maximum Gasteiger partial charge on any atom is 0.252 e. The number of anilines is 1. The van der Waals surface area contributed by atoms with Gasteiger partial charge in [0.05, 0.1) is 23.5 Å². The molecule has 138 valence electrons. The Kier molecular flexibility index (Phi) is 6.34. The summed E-state index contributed by atoms with van der Waals surface area (Å²) < 4.78 is 0. The predicted octanol–water partition coefficient (Wildman–Crippen LogP) is 1.93. The summed E-state index contributed by atoms with van der Waals surface area (Å²) in [6.07, 6.45) is 1.24. The number of amides is 2. The average Bonchev–Trinajstić information content (AvgIpc) is 2.99. The van der Waals surface area contributed by atoms with Crippen molar-refractivity contribution in [2.24, 2.45) is 5.73 Å². The molecule has 0 aliphatic carbocycles. The van der Waals surface area contributed by atoms with Crippen molar-refractivity contribution < 1.29 is 14.5 Å². The van der Waals surface area contributed by atoms with Gasteiger partial charge in [-0.05, 0) is 24.6 Å². The van der Waals surface area contributed by atoms with Gasteiger partial charge in [0.2, 0.25) is 5.91 Å². The number of hydrogen-bond donors (Lipinski definition) is 3. The summed E-state index contributed by atoms with van der Waals surface area (Å²) >= 11 is 3.16. The molecule has 1 atom stereocenters. The van der Waals surface area contributed by atoms with Crippen molar-refractivity contribution in [3.63, 3.8) is 0 Å². The minimum Gasteiger partial charge on any atom is -0.365 e. The monoisotopic (exact) mass is 390 g/mol. The number of benzene rings is 1. The van der Waals surface area contributed by atoms with Crippen LogP contribution in [-0.2, 0) is 17.8 Å². The number of quaternary nitrogens is 1. The Balaban J connectivity index is 1.64. The first-order chi connectivity index (χ1) is 12.6. The van der Waals surface area contributed by atoms with Crippen LogP contribution in [0.25, 0.3) is 0 Å². The van der Waals surface area contributed by atoms with E-state index >= 15 is 0 Å². The van der Waals surface area contributed by atoms with E-state index in [1.54, 1.807) is 11.8 Å². The smallest absolute Gasteiger partial charge is 0.252 e. The van der Waals surface area contributed by atoms with E-state index in [4.69, 9.17) is 5.73 Å². The summed E-state index contributed by atoms with van der Waals surface area (Å²) in [4.78, 5) is 28.1. The van der Waals surface area contributed by atoms with Crippen LogP contribution in [0.4, 0.5) is 5.00 Å². The molecule has 26 heavy (non-hydrogen) atoms. The van der Waals surface area contributed by atoms with Crippen LogP contribution in [0, 0.1) is 0 Å². The van der Waals surface area contributed by atoms with Gasteiger partial charge in [0, 0.05) is 23.5 Å². The van der Waals surface area contributed by atoms with Gasteiger partial charge in [0.15, 0.2) is 0 Å². The van der Waals surface area contributed by atoms with Crippen molar-refractivity contribution >= 4 is 39.9 Å². The molecule has 0 radical (unpaired) electrons. The molecule has 7 heteroatoms. The second kappa shape index (κ2) is 8.70. The Morgan fingerprint density at radius 2 is 2.08 bits per heavy atom. The summed E-state index contributed by atoms with van der Waals surface area (Å²) in [5.41, 5.74) is 7.16. The highest BCUT2D eigenvalue weighted by Crippen LogP contribution is 2.34.